The number of rotatable bonds is 6. The number of benzene rings is 2. The lowest BCUT2D eigenvalue weighted by molar-refractivity contribution is -0.123. The number of nitrogens with one attached hydrogen (secondary N) is 1. The van der Waals surface area contributed by atoms with E-state index in [0.717, 1.165) is 56.2 Å². The lowest BCUT2D eigenvalue weighted by Gasteiger charge is -2.36. The van der Waals surface area contributed by atoms with Gasteiger partial charge in [0.2, 0.25) is 5.91 Å². The summed E-state index contributed by atoms with van der Waals surface area (Å²) in [5.74, 6) is -0.198. The van der Waals surface area contributed by atoms with Crippen molar-refractivity contribution in [3.63, 3.8) is 0 Å². The Balaban J connectivity index is 1.22. The molecule has 0 radical (unpaired) electrons. The van der Waals surface area contributed by atoms with Gasteiger partial charge in [-0.15, -0.1) is 0 Å². The molecule has 0 atom stereocenters. The average molecular weight is 402 g/mol. The molecule has 1 saturated heterocycles. The van der Waals surface area contributed by atoms with E-state index >= 15 is 0 Å². The number of hydrogen-bond donors (Lipinski definition) is 1. The standard InChI is InChI=1S/C22H25ClFN3O/c23-18-3-7-20(8-4-18)27-15-13-26(14-16-27)12-11-25-21(28)22(9-10-22)17-1-5-19(24)6-2-17/h1-8H,9-16H2,(H,25,28). The van der Waals surface area contributed by atoms with E-state index < -0.39 is 5.41 Å². The zero-order valence-corrected chi connectivity index (χ0v) is 16.6. The molecule has 4 rings (SSSR count). The van der Waals surface area contributed by atoms with Crippen LogP contribution < -0.4 is 10.2 Å². The van der Waals surface area contributed by atoms with Crippen molar-refractivity contribution >= 4 is 23.2 Å². The van der Waals surface area contributed by atoms with Gasteiger partial charge in [0, 0.05) is 50.0 Å². The van der Waals surface area contributed by atoms with Crippen molar-refractivity contribution in [3.8, 4) is 0 Å². The quantitative estimate of drug-likeness (QED) is 0.805. The summed E-state index contributed by atoms with van der Waals surface area (Å²) in [5.41, 5.74) is 1.68. The van der Waals surface area contributed by atoms with E-state index in [-0.39, 0.29) is 11.7 Å². The van der Waals surface area contributed by atoms with Gasteiger partial charge in [-0.05, 0) is 54.8 Å². The second-order valence-corrected chi connectivity index (χ2v) is 8.09. The first-order valence-corrected chi connectivity index (χ1v) is 10.2. The summed E-state index contributed by atoms with van der Waals surface area (Å²) in [6.45, 7) is 5.37. The third kappa shape index (κ3) is 4.15. The minimum Gasteiger partial charge on any atom is -0.369 e. The highest BCUT2D eigenvalue weighted by atomic mass is 35.5. The van der Waals surface area contributed by atoms with Crippen LogP contribution >= 0.6 is 11.6 Å². The molecule has 1 amide bonds. The van der Waals surface area contributed by atoms with Gasteiger partial charge in [0.25, 0.3) is 0 Å². The third-order valence-electron chi connectivity index (χ3n) is 5.86. The van der Waals surface area contributed by atoms with Crippen molar-refractivity contribution in [2.45, 2.75) is 18.3 Å². The Morgan fingerprint density at radius 2 is 1.64 bits per heavy atom. The van der Waals surface area contributed by atoms with Crippen LogP contribution in [0.2, 0.25) is 5.02 Å². The van der Waals surface area contributed by atoms with E-state index in [4.69, 9.17) is 11.6 Å². The van der Waals surface area contributed by atoms with Crippen LogP contribution in [0.4, 0.5) is 10.1 Å². The van der Waals surface area contributed by atoms with Crippen molar-refractivity contribution in [2.75, 3.05) is 44.2 Å². The lowest BCUT2D eigenvalue weighted by atomic mass is 9.95. The number of hydrogen-bond acceptors (Lipinski definition) is 3. The molecule has 2 fully saturated rings. The Labute approximate surface area is 170 Å². The Morgan fingerprint density at radius 3 is 2.25 bits per heavy atom. The molecule has 0 unspecified atom stereocenters. The van der Waals surface area contributed by atoms with E-state index in [2.05, 4.69) is 27.2 Å². The second-order valence-electron chi connectivity index (χ2n) is 7.65. The molecule has 0 spiro atoms. The van der Waals surface area contributed by atoms with Gasteiger partial charge in [0.1, 0.15) is 5.82 Å². The summed E-state index contributed by atoms with van der Waals surface area (Å²) in [6, 6.07) is 14.3. The highest BCUT2D eigenvalue weighted by molar-refractivity contribution is 6.30. The fourth-order valence-corrected chi connectivity index (χ4v) is 4.05. The van der Waals surface area contributed by atoms with Crippen LogP contribution in [0.15, 0.2) is 48.5 Å². The largest absolute Gasteiger partial charge is 0.369 e. The van der Waals surface area contributed by atoms with E-state index in [1.54, 1.807) is 12.1 Å². The predicted octanol–water partition coefficient (Wildman–Crippen LogP) is 3.45. The molecule has 148 valence electrons. The van der Waals surface area contributed by atoms with Gasteiger partial charge >= 0.3 is 0 Å². The molecule has 0 bridgehead atoms. The monoisotopic (exact) mass is 401 g/mol. The Kier molecular flexibility index (Phi) is 5.56. The topological polar surface area (TPSA) is 35.6 Å². The molecule has 28 heavy (non-hydrogen) atoms. The molecule has 6 heteroatoms. The van der Waals surface area contributed by atoms with Gasteiger partial charge in [0.05, 0.1) is 5.41 Å². The molecule has 1 heterocycles. The third-order valence-corrected chi connectivity index (χ3v) is 6.11. The van der Waals surface area contributed by atoms with Gasteiger partial charge in [-0.2, -0.15) is 0 Å². The summed E-state index contributed by atoms with van der Waals surface area (Å²) >= 11 is 5.96. The average Bonchev–Trinajstić information content (AvgIpc) is 3.52. The molecule has 2 aliphatic rings. The molecular formula is C22H25ClFN3O. The molecule has 1 N–H and O–H groups in total. The van der Waals surface area contributed by atoms with E-state index in [0.29, 0.717) is 6.54 Å². The fraction of sp³-hybridized carbons (Fsp3) is 0.409. The highest BCUT2D eigenvalue weighted by Gasteiger charge is 2.51. The van der Waals surface area contributed by atoms with Crippen molar-refractivity contribution in [2.24, 2.45) is 0 Å². The van der Waals surface area contributed by atoms with Crippen molar-refractivity contribution in [1.82, 2.24) is 10.2 Å². The van der Waals surface area contributed by atoms with E-state index in [1.165, 1.54) is 17.8 Å². The SMILES string of the molecule is O=C(NCCN1CCN(c2ccc(Cl)cc2)CC1)C1(c2ccc(F)cc2)CC1. The highest BCUT2D eigenvalue weighted by Crippen LogP contribution is 2.48. The Hall–Kier alpha value is -2.11. The van der Waals surface area contributed by atoms with Crippen LogP contribution in [0.1, 0.15) is 18.4 Å². The van der Waals surface area contributed by atoms with Gasteiger partial charge < -0.3 is 10.2 Å². The molecule has 4 nitrogen and oxygen atoms in total. The zero-order valence-electron chi connectivity index (χ0n) is 15.8. The zero-order chi connectivity index (χ0) is 19.6. The maximum absolute atomic E-state index is 13.1. The first kappa shape index (κ1) is 19.2. The van der Waals surface area contributed by atoms with Crippen molar-refractivity contribution < 1.29 is 9.18 Å². The van der Waals surface area contributed by atoms with Gasteiger partial charge in [-0.3, -0.25) is 9.69 Å². The van der Waals surface area contributed by atoms with Gasteiger partial charge in [0.15, 0.2) is 0 Å². The fourth-order valence-electron chi connectivity index (χ4n) is 3.92. The summed E-state index contributed by atoms with van der Waals surface area (Å²) in [5, 5.41) is 3.85. The predicted molar refractivity (Wildman–Crippen MR) is 110 cm³/mol. The van der Waals surface area contributed by atoms with E-state index in [1.807, 2.05) is 12.1 Å². The number of carbonyl (C=O) groups excluding carboxylic acids is 1. The number of piperazine rings is 1. The second kappa shape index (κ2) is 8.10. The number of halogens is 2. The van der Waals surface area contributed by atoms with Crippen LogP contribution in [0.25, 0.3) is 0 Å². The molecule has 2 aromatic rings. The lowest BCUT2D eigenvalue weighted by Crippen LogP contribution is -2.49. The van der Waals surface area contributed by atoms with Crippen LogP contribution in [0.3, 0.4) is 0 Å². The van der Waals surface area contributed by atoms with Crippen LogP contribution in [-0.4, -0.2) is 50.1 Å². The minimum absolute atomic E-state index is 0.0684. The number of carbonyl (C=O) groups is 1. The molecule has 1 aliphatic heterocycles. The number of anilines is 1. The normalized spacial score (nSPS) is 18.7. The molecule has 1 aliphatic carbocycles. The van der Waals surface area contributed by atoms with Gasteiger partial charge in [-0.25, -0.2) is 4.39 Å². The minimum atomic E-state index is -0.443. The number of amides is 1. The molecule has 0 aromatic heterocycles. The molecular weight excluding hydrogens is 377 g/mol. The first-order valence-electron chi connectivity index (χ1n) is 9.84. The first-order chi connectivity index (χ1) is 13.6. The van der Waals surface area contributed by atoms with Crippen molar-refractivity contribution in [1.29, 1.82) is 0 Å². The summed E-state index contributed by atoms with van der Waals surface area (Å²) < 4.78 is 13.1. The maximum Gasteiger partial charge on any atom is 0.230 e. The smallest absolute Gasteiger partial charge is 0.230 e. The van der Waals surface area contributed by atoms with E-state index in [9.17, 15) is 9.18 Å². The Morgan fingerprint density at radius 1 is 1.00 bits per heavy atom. The van der Waals surface area contributed by atoms with Crippen LogP contribution in [0, 0.1) is 5.82 Å². The number of nitrogens with zero attached hydrogens (tertiary/aromatic N) is 2. The Bertz CT molecular complexity index is 813. The maximum atomic E-state index is 13.1. The van der Waals surface area contributed by atoms with Crippen molar-refractivity contribution in [3.05, 3.63) is 64.9 Å². The van der Waals surface area contributed by atoms with Gasteiger partial charge in [-0.1, -0.05) is 23.7 Å². The summed E-state index contributed by atoms with van der Waals surface area (Å²) in [6.07, 6.45) is 1.68. The van der Waals surface area contributed by atoms with Crippen LogP contribution in [0.5, 0.6) is 0 Å². The molecule has 2 aromatic carbocycles. The summed E-state index contributed by atoms with van der Waals surface area (Å²) in [4.78, 5) is 17.4. The molecule has 1 saturated carbocycles. The van der Waals surface area contributed by atoms with Crippen LogP contribution in [-0.2, 0) is 10.2 Å². The summed E-state index contributed by atoms with van der Waals surface area (Å²) in [7, 11) is 0.